The lowest BCUT2D eigenvalue weighted by Crippen LogP contribution is -1.69. The van der Waals surface area contributed by atoms with Crippen LogP contribution in [0, 0.1) is 11.3 Å². The van der Waals surface area contributed by atoms with E-state index in [0.29, 0.717) is 6.42 Å². The Morgan fingerprint density at radius 1 is 1.00 bits per heavy atom. The maximum Gasteiger partial charge on any atom is 0.0663 e. The minimum absolute atomic E-state index is 0.491. The third-order valence-electron chi connectivity index (χ3n) is 1.79. The second-order valence-electron chi connectivity index (χ2n) is 3.10. The molecule has 0 saturated carbocycles. The lowest BCUT2D eigenvalue weighted by molar-refractivity contribution is 0.729. The van der Waals surface area contributed by atoms with E-state index >= 15 is 0 Å². The third-order valence-corrected chi connectivity index (χ3v) is 1.79. The van der Waals surface area contributed by atoms with Crippen LogP contribution in [0.15, 0.2) is 36.5 Å². The summed E-state index contributed by atoms with van der Waals surface area (Å²) in [6.07, 6.45) is 17.5. The van der Waals surface area contributed by atoms with Gasteiger partial charge in [-0.2, -0.15) is 5.26 Å². The van der Waals surface area contributed by atoms with E-state index in [-0.39, 0.29) is 0 Å². The van der Waals surface area contributed by atoms with Crippen molar-refractivity contribution in [1.82, 2.24) is 0 Å². The fourth-order valence-electron chi connectivity index (χ4n) is 1.01. The van der Waals surface area contributed by atoms with Crippen molar-refractivity contribution in [2.24, 2.45) is 0 Å². The molecule has 0 unspecified atom stereocenters. The average molecular weight is 189 g/mol. The van der Waals surface area contributed by atoms with Gasteiger partial charge in [-0.05, 0) is 12.8 Å². The van der Waals surface area contributed by atoms with E-state index in [1.165, 1.54) is 25.7 Å². The van der Waals surface area contributed by atoms with Crippen LogP contribution in [0.4, 0.5) is 0 Å². The molecule has 0 aliphatic heterocycles. The van der Waals surface area contributed by atoms with E-state index in [1.54, 1.807) is 0 Å². The van der Waals surface area contributed by atoms with Crippen LogP contribution < -0.4 is 0 Å². The highest BCUT2D eigenvalue weighted by Gasteiger charge is 1.79. The summed E-state index contributed by atoms with van der Waals surface area (Å²) in [4.78, 5) is 0. The molecule has 0 aliphatic carbocycles. The van der Waals surface area contributed by atoms with Crippen LogP contribution >= 0.6 is 0 Å². The maximum absolute atomic E-state index is 8.25. The SMILES string of the molecule is CCCCC/C=C/C=C/C=C/CC#N. The van der Waals surface area contributed by atoms with Crippen molar-refractivity contribution < 1.29 is 0 Å². The predicted molar refractivity (Wildman–Crippen MR) is 61.8 cm³/mol. The average Bonchev–Trinajstić information content (AvgIpc) is 2.21. The summed E-state index contributed by atoms with van der Waals surface area (Å²) < 4.78 is 0. The van der Waals surface area contributed by atoms with Gasteiger partial charge in [0.1, 0.15) is 0 Å². The molecule has 0 aromatic rings. The smallest absolute Gasteiger partial charge is 0.0663 e. The first-order chi connectivity index (χ1) is 6.91. The minimum Gasteiger partial charge on any atom is -0.198 e. The number of hydrogen-bond acceptors (Lipinski definition) is 1. The van der Waals surface area contributed by atoms with Gasteiger partial charge in [-0.25, -0.2) is 0 Å². The Morgan fingerprint density at radius 3 is 2.36 bits per heavy atom. The number of hydrogen-bond donors (Lipinski definition) is 0. The second-order valence-corrected chi connectivity index (χ2v) is 3.10. The van der Waals surface area contributed by atoms with Crippen LogP contribution in [0.25, 0.3) is 0 Å². The Labute approximate surface area is 87.4 Å². The van der Waals surface area contributed by atoms with Gasteiger partial charge in [-0.1, -0.05) is 56.2 Å². The Bertz CT molecular complexity index is 228. The Hall–Kier alpha value is -1.29. The Morgan fingerprint density at radius 2 is 1.71 bits per heavy atom. The third kappa shape index (κ3) is 10.7. The first-order valence-electron chi connectivity index (χ1n) is 5.27. The van der Waals surface area contributed by atoms with Gasteiger partial charge >= 0.3 is 0 Å². The molecule has 14 heavy (non-hydrogen) atoms. The minimum atomic E-state index is 0.491. The summed E-state index contributed by atoms with van der Waals surface area (Å²) in [5.41, 5.74) is 0. The number of allylic oxidation sites excluding steroid dienone is 6. The van der Waals surface area contributed by atoms with Gasteiger partial charge in [0.25, 0.3) is 0 Å². The van der Waals surface area contributed by atoms with E-state index in [1.807, 2.05) is 24.3 Å². The van der Waals surface area contributed by atoms with E-state index in [4.69, 9.17) is 5.26 Å². The molecule has 0 amide bonds. The van der Waals surface area contributed by atoms with Gasteiger partial charge in [0.2, 0.25) is 0 Å². The van der Waals surface area contributed by atoms with Crippen LogP contribution in [-0.2, 0) is 0 Å². The van der Waals surface area contributed by atoms with Crippen molar-refractivity contribution >= 4 is 0 Å². The molecule has 1 nitrogen and oxygen atoms in total. The van der Waals surface area contributed by atoms with Crippen molar-refractivity contribution in [3.63, 3.8) is 0 Å². The molecular formula is C13H19N. The fourth-order valence-corrected chi connectivity index (χ4v) is 1.01. The molecular weight excluding hydrogens is 170 g/mol. The molecule has 0 saturated heterocycles. The molecule has 76 valence electrons. The van der Waals surface area contributed by atoms with Crippen molar-refractivity contribution in [2.45, 2.75) is 39.0 Å². The highest BCUT2D eigenvalue weighted by molar-refractivity contribution is 5.11. The maximum atomic E-state index is 8.25. The van der Waals surface area contributed by atoms with E-state index in [0.717, 1.165) is 0 Å². The van der Waals surface area contributed by atoms with Gasteiger partial charge in [-0.3, -0.25) is 0 Å². The molecule has 0 aromatic carbocycles. The normalized spacial score (nSPS) is 11.7. The summed E-state index contributed by atoms with van der Waals surface area (Å²) in [6, 6.07) is 2.05. The molecule has 0 heterocycles. The number of nitrogens with zero attached hydrogens (tertiary/aromatic N) is 1. The predicted octanol–water partition coefficient (Wildman–Crippen LogP) is 4.15. The Balaban J connectivity index is 3.37. The lowest BCUT2D eigenvalue weighted by Gasteiger charge is -1.89. The number of rotatable bonds is 7. The van der Waals surface area contributed by atoms with Crippen LogP contribution in [-0.4, -0.2) is 0 Å². The number of nitriles is 1. The van der Waals surface area contributed by atoms with E-state index < -0.39 is 0 Å². The molecule has 0 aliphatic rings. The van der Waals surface area contributed by atoms with Gasteiger partial charge in [0.05, 0.1) is 12.5 Å². The molecule has 0 radical (unpaired) electrons. The largest absolute Gasteiger partial charge is 0.198 e. The van der Waals surface area contributed by atoms with Crippen LogP contribution in [0.2, 0.25) is 0 Å². The van der Waals surface area contributed by atoms with Gasteiger partial charge in [0.15, 0.2) is 0 Å². The zero-order chi connectivity index (χ0) is 10.5. The molecule has 0 rings (SSSR count). The molecule has 0 atom stereocenters. The second kappa shape index (κ2) is 11.7. The van der Waals surface area contributed by atoms with Gasteiger partial charge in [0, 0.05) is 0 Å². The van der Waals surface area contributed by atoms with E-state index in [9.17, 15) is 0 Å². The zero-order valence-electron chi connectivity index (χ0n) is 8.95. The molecule has 0 fully saturated rings. The fraction of sp³-hybridized carbons (Fsp3) is 0.462. The number of unbranched alkanes of at least 4 members (excludes halogenated alkanes) is 3. The van der Waals surface area contributed by atoms with Gasteiger partial charge in [-0.15, -0.1) is 0 Å². The zero-order valence-corrected chi connectivity index (χ0v) is 8.95. The first-order valence-corrected chi connectivity index (χ1v) is 5.27. The lowest BCUT2D eigenvalue weighted by atomic mass is 10.2. The van der Waals surface area contributed by atoms with Crippen LogP contribution in [0.5, 0.6) is 0 Å². The molecule has 0 aromatic heterocycles. The summed E-state index contributed by atoms with van der Waals surface area (Å²) in [5, 5.41) is 8.25. The first kappa shape index (κ1) is 12.7. The summed E-state index contributed by atoms with van der Waals surface area (Å²) in [6.45, 7) is 2.21. The van der Waals surface area contributed by atoms with Crippen molar-refractivity contribution in [1.29, 1.82) is 5.26 Å². The molecule has 0 bridgehead atoms. The monoisotopic (exact) mass is 189 g/mol. The standard InChI is InChI=1S/C13H19N/c1-2-3-4-5-6-7-8-9-10-11-12-13-14/h6-11H,2-5,12H2,1H3/b7-6+,9-8+,11-10+. The van der Waals surface area contributed by atoms with E-state index in [2.05, 4.69) is 25.1 Å². The van der Waals surface area contributed by atoms with Crippen molar-refractivity contribution in [3.05, 3.63) is 36.5 Å². The molecule has 1 heteroatoms. The van der Waals surface area contributed by atoms with Crippen LogP contribution in [0.3, 0.4) is 0 Å². The van der Waals surface area contributed by atoms with Crippen molar-refractivity contribution in [2.75, 3.05) is 0 Å². The van der Waals surface area contributed by atoms with Crippen molar-refractivity contribution in [3.8, 4) is 6.07 Å². The van der Waals surface area contributed by atoms with Gasteiger partial charge < -0.3 is 0 Å². The highest BCUT2D eigenvalue weighted by Crippen LogP contribution is 1.99. The molecule has 0 N–H and O–H groups in total. The summed E-state index contributed by atoms with van der Waals surface area (Å²) in [7, 11) is 0. The summed E-state index contributed by atoms with van der Waals surface area (Å²) >= 11 is 0. The Kier molecular flexibility index (Phi) is 10.6. The quantitative estimate of drug-likeness (QED) is 0.436. The summed E-state index contributed by atoms with van der Waals surface area (Å²) in [5.74, 6) is 0. The topological polar surface area (TPSA) is 23.8 Å². The van der Waals surface area contributed by atoms with Crippen LogP contribution in [0.1, 0.15) is 39.0 Å². The molecule has 0 spiro atoms. The highest BCUT2D eigenvalue weighted by atomic mass is 14.2.